The highest BCUT2D eigenvalue weighted by atomic mass is 16.2. The molecule has 1 heterocycles. The average molecular weight is 275 g/mol. The summed E-state index contributed by atoms with van der Waals surface area (Å²) in [6.07, 6.45) is 1.15. The number of carbonyl (C=O) groups is 2. The predicted octanol–water partition coefficient (Wildman–Crippen LogP) is 0.166. The molecule has 1 aliphatic rings. The van der Waals surface area contributed by atoms with E-state index >= 15 is 0 Å². The molecule has 5 nitrogen and oxygen atoms in total. The van der Waals surface area contributed by atoms with Crippen molar-refractivity contribution in [1.29, 1.82) is 0 Å². The minimum absolute atomic E-state index is 0.0453. The molecule has 1 saturated heterocycles. The SMILES string of the molecule is CNC(=O)C1CNCCN1C(=O)CCc1ccccc1. The van der Waals surface area contributed by atoms with E-state index in [0.717, 1.165) is 12.1 Å². The van der Waals surface area contributed by atoms with Crippen molar-refractivity contribution in [2.24, 2.45) is 0 Å². The first kappa shape index (κ1) is 14.5. The first-order valence-corrected chi connectivity index (χ1v) is 6.98. The van der Waals surface area contributed by atoms with Crippen molar-refractivity contribution in [3.63, 3.8) is 0 Å². The van der Waals surface area contributed by atoms with Gasteiger partial charge in [0, 0.05) is 33.1 Å². The van der Waals surface area contributed by atoms with Crippen LogP contribution < -0.4 is 10.6 Å². The van der Waals surface area contributed by atoms with Crippen molar-refractivity contribution in [2.75, 3.05) is 26.7 Å². The van der Waals surface area contributed by atoms with Crippen LogP contribution in [0.3, 0.4) is 0 Å². The van der Waals surface area contributed by atoms with Crippen LogP contribution in [0.4, 0.5) is 0 Å². The third kappa shape index (κ3) is 3.57. The summed E-state index contributed by atoms with van der Waals surface area (Å²) in [5.74, 6) is -0.0609. The van der Waals surface area contributed by atoms with Gasteiger partial charge in [-0.1, -0.05) is 30.3 Å². The number of hydrogen-bond donors (Lipinski definition) is 2. The van der Waals surface area contributed by atoms with Crippen LogP contribution in [0.5, 0.6) is 0 Å². The van der Waals surface area contributed by atoms with Crippen LogP contribution in [0.15, 0.2) is 30.3 Å². The maximum atomic E-state index is 12.3. The monoisotopic (exact) mass is 275 g/mol. The van der Waals surface area contributed by atoms with Crippen LogP contribution in [-0.4, -0.2) is 49.4 Å². The molecule has 2 rings (SSSR count). The highest BCUT2D eigenvalue weighted by Gasteiger charge is 2.30. The van der Waals surface area contributed by atoms with Crippen molar-refractivity contribution < 1.29 is 9.59 Å². The van der Waals surface area contributed by atoms with Gasteiger partial charge >= 0.3 is 0 Å². The molecule has 1 aromatic carbocycles. The zero-order chi connectivity index (χ0) is 14.4. The molecule has 0 aliphatic carbocycles. The van der Waals surface area contributed by atoms with E-state index in [-0.39, 0.29) is 11.8 Å². The number of amides is 2. The van der Waals surface area contributed by atoms with Crippen LogP contribution in [0, 0.1) is 0 Å². The molecule has 0 saturated carbocycles. The van der Waals surface area contributed by atoms with Gasteiger partial charge in [0.2, 0.25) is 11.8 Å². The maximum absolute atomic E-state index is 12.3. The van der Waals surface area contributed by atoms with Gasteiger partial charge in [-0.3, -0.25) is 9.59 Å². The number of aryl methyl sites for hydroxylation is 1. The first-order chi connectivity index (χ1) is 9.72. The molecule has 1 atom stereocenters. The number of rotatable bonds is 4. The molecule has 108 valence electrons. The second-order valence-corrected chi connectivity index (χ2v) is 4.91. The summed E-state index contributed by atoms with van der Waals surface area (Å²) in [7, 11) is 1.60. The van der Waals surface area contributed by atoms with E-state index < -0.39 is 6.04 Å². The minimum Gasteiger partial charge on any atom is -0.357 e. The summed E-state index contributed by atoms with van der Waals surface area (Å²) in [6.45, 7) is 1.85. The van der Waals surface area contributed by atoms with E-state index in [9.17, 15) is 9.59 Å². The lowest BCUT2D eigenvalue weighted by Gasteiger charge is -2.35. The van der Waals surface area contributed by atoms with Crippen molar-refractivity contribution in [3.05, 3.63) is 35.9 Å². The Labute approximate surface area is 119 Å². The minimum atomic E-state index is -0.392. The Balaban J connectivity index is 1.94. The van der Waals surface area contributed by atoms with Gasteiger partial charge in [0.05, 0.1) is 0 Å². The zero-order valence-corrected chi connectivity index (χ0v) is 11.8. The van der Waals surface area contributed by atoms with Gasteiger partial charge in [0.15, 0.2) is 0 Å². The molecule has 1 aliphatic heterocycles. The number of nitrogens with one attached hydrogen (secondary N) is 2. The molecule has 2 N–H and O–H groups in total. The summed E-state index contributed by atoms with van der Waals surface area (Å²) >= 11 is 0. The van der Waals surface area contributed by atoms with Crippen LogP contribution >= 0.6 is 0 Å². The normalized spacial score (nSPS) is 18.6. The zero-order valence-electron chi connectivity index (χ0n) is 11.8. The highest BCUT2D eigenvalue weighted by Crippen LogP contribution is 2.09. The third-order valence-electron chi connectivity index (χ3n) is 3.58. The Morgan fingerprint density at radius 2 is 2.10 bits per heavy atom. The fourth-order valence-corrected chi connectivity index (χ4v) is 2.44. The van der Waals surface area contributed by atoms with E-state index in [4.69, 9.17) is 0 Å². The van der Waals surface area contributed by atoms with Crippen LogP contribution in [0.2, 0.25) is 0 Å². The number of benzene rings is 1. The lowest BCUT2D eigenvalue weighted by atomic mass is 10.1. The van der Waals surface area contributed by atoms with E-state index in [1.807, 2.05) is 30.3 Å². The summed E-state index contributed by atoms with van der Waals surface area (Å²) in [6, 6.07) is 9.54. The van der Waals surface area contributed by atoms with Gasteiger partial charge in [-0.25, -0.2) is 0 Å². The topological polar surface area (TPSA) is 61.4 Å². The Morgan fingerprint density at radius 1 is 1.35 bits per heavy atom. The largest absolute Gasteiger partial charge is 0.357 e. The van der Waals surface area contributed by atoms with E-state index in [1.54, 1.807) is 11.9 Å². The number of likely N-dealkylation sites (N-methyl/N-ethyl adjacent to an activating group) is 1. The predicted molar refractivity (Wildman–Crippen MR) is 77.2 cm³/mol. The summed E-state index contributed by atoms with van der Waals surface area (Å²) in [4.78, 5) is 25.8. The lowest BCUT2D eigenvalue weighted by molar-refractivity contribution is -0.141. The van der Waals surface area contributed by atoms with Crippen LogP contribution in [0.1, 0.15) is 12.0 Å². The van der Waals surface area contributed by atoms with Crippen molar-refractivity contribution in [1.82, 2.24) is 15.5 Å². The van der Waals surface area contributed by atoms with E-state index in [0.29, 0.717) is 25.9 Å². The second-order valence-electron chi connectivity index (χ2n) is 4.91. The smallest absolute Gasteiger partial charge is 0.243 e. The van der Waals surface area contributed by atoms with E-state index in [2.05, 4.69) is 10.6 Å². The van der Waals surface area contributed by atoms with Crippen LogP contribution in [0.25, 0.3) is 0 Å². The number of carbonyl (C=O) groups excluding carboxylic acids is 2. The Kier molecular flexibility index (Phi) is 5.12. The Morgan fingerprint density at radius 3 is 2.80 bits per heavy atom. The molecular weight excluding hydrogens is 254 g/mol. The molecule has 20 heavy (non-hydrogen) atoms. The molecule has 0 spiro atoms. The summed E-state index contributed by atoms with van der Waals surface area (Å²) in [5.41, 5.74) is 1.15. The quantitative estimate of drug-likeness (QED) is 0.823. The van der Waals surface area contributed by atoms with Gasteiger partial charge < -0.3 is 15.5 Å². The second kappa shape index (κ2) is 7.05. The van der Waals surface area contributed by atoms with Crippen molar-refractivity contribution in [2.45, 2.75) is 18.9 Å². The summed E-state index contributed by atoms with van der Waals surface area (Å²) in [5, 5.41) is 5.77. The van der Waals surface area contributed by atoms with Crippen molar-refractivity contribution >= 4 is 11.8 Å². The molecule has 0 bridgehead atoms. The molecule has 1 unspecified atom stereocenters. The molecule has 2 amide bonds. The maximum Gasteiger partial charge on any atom is 0.243 e. The molecule has 1 fully saturated rings. The van der Waals surface area contributed by atoms with E-state index in [1.165, 1.54) is 0 Å². The van der Waals surface area contributed by atoms with Crippen LogP contribution in [-0.2, 0) is 16.0 Å². The molecular formula is C15H21N3O2. The first-order valence-electron chi connectivity index (χ1n) is 6.98. The molecule has 5 heteroatoms. The van der Waals surface area contributed by atoms with Gasteiger partial charge in [-0.05, 0) is 12.0 Å². The van der Waals surface area contributed by atoms with Gasteiger partial charge in [-0.15, -0.1) is 0 Å². The number of hydrogen-bond acceptors (Lipinski definition) is 3. The number of piperazine rings is 1. The van der Waals surface area contributed by atoms with Gasteiger partial charge in [0.25, 0.3) is 0 Å². The number of nitrogens with zero attached hydrogens (tertiary/aromatic N) is 1. The standard InChI is InChI=1S/C15H21N3O2/c1-16-15(20)13-11-17-9-10-18(13)14(19)8-7-12-5-3-2-4-6-12/h2-6,13,17H,7-11H2,1H3,(H,16,20). The van der Waals surface area contributed by atoms with Gasteiger partial charge in [0.1, 0.15) is 6.04 Å². The Bertz CT molecular complexity index is 461. The third-order valence-corrected chi connectivity index (χ3v) is 3.58. The highest BCUT2D eigenvalue weighted by molar-refractivity contribution is 5.88. The van der Waals surface area contributed by atoms with Gasteiger partial charge in [-0.2, -0.15) is 0 Å². The molecule has 0 radical (unpaired) electrons. The molecule has 0 aromatic heterocycles. The summed E-state index contributed by atoms with van der Waals surface area (Å²) < 4.78 is 0. The fraction of sp³-hybridized carbons (Fsp3) is 0.467. The molecule has 1 aromatic rings. The fourth-order valence-electron chi connectivity index (χ4n) is 2.44. The van der Waals surface area contributed by atoms with Crippen molar-refractivity contribution in [3.8, 4) is 0 Å². The Hall–Kier alpha value is -1.88. The average Bonchev–Trinajstić information content (AvgIpc) is 2.52. The lowest BCUT2D eigenvalue weighted by Crippen LogP contribution is -2.59.